The molecule has 0 spiro atoms. The van der Waals surface area contributed by atoms with E-state index in [0.29, 0.717) is 26.4 Å². The number of fused-ring (bicyclic) bond motifs is 1. The van der Waals surface area contributed by atoms with E-state index in [4.69, 9.17) is 14.2 Å². The van der Waals surface area contributed by atoms with Gasteiger partial charge in [-0.1, -0.05) is 0 Å². The van der Waals surface area contributed by atoms with E-state index >= 15 is 0 Å². The Hall–Kier alpha value is -1.24. The Morgan fingerprint density at radius 3 is 2.90 bits per heavy atom. The first-order valence-electron chi connectivity index (χ1n) is 6.41. The van der Waals surface area contributed by atoms with Crippen LogP contribution in [-0.2, 0) is 9.47 Å². The molecule has 0 aliphatic heterocycles. The van der Waals surface area contributed by atoms with Crippen LogP contribution in [0.15, 0.2) is 29.0 Å². The minimum atomic E-state index is 0.490. The number of hydrogen-bond acceptors (Lipinski definition) is 5. The SMILES string of the molecule is COCCCOCCOc1ccnc2cc(Br)cnc12. The van der Waals surface area contributed by atoms with Gasteiger partial charge in [0.1, 0.15) is 17.9 Å². The molecule has 5 nitrogen and oxygen atoms in total. The standard InChI is InChI=1S/C14H17BrN2O3/c1-18-5-2-6-19-7-8-20-13-3-4-16-12-9-11(15)10-17-14(12)13/h3-4,9-10H,2,5-8H2,1H3. The molecule has 2 rings (SSSR count). The number of halogens is 1. The lowest BCUT2D eigenvalue weighted by molar-refractivity contribution is 0.0809. The predicted octanol–water partition coefficient (Wildman–Crippen LogP) is 2.82. The second-order valence-corrected chi connectivity index (χ2v) is 5.05. The van der Waals surface area contributed by atoms with Gasteiger partial charge in [-0.3, -0.25) is 4.98 Å². The van der Waals surface area contributed by atoms with Crippen molar-refractivity contribution < 1.29 is 14.2 Å². The van der Waals surface area contributed by atoms with Crippen LogP contribution in [0.3, 0.4) is 0 Å². The number of nitrogens with zero attached hydrogens (tertiary/aromatic N) is 2. The zero-order valence-corrected chi connectivity index (χ0v) is 12.9. The lowest BCUT2D eigenvalue weighted by Crippen LogP contribution is -2.09. The van der Waals surface area contributed by atoms with Gasteiger partial charge in [0.2, 0.25) is 0 Å². The number of rotatable bonds is 8. The molecule has 2 aromatic rings. The zero-order chi connectivity index (χ0) is 14.2. The molecule has 0 aliphatic carbocycles. The highest BCUT2D eigenvalue weighted by Gasteiger charge is 2.05. The summed E-state index contributed by atoms with van der Waals surface area (Å²) in [6.07, 6.45) is 4.34. The van der Waals surface area contributed by atoms with Gasteiger partial charge in [0.05, 0.1) is 12.1 Å². The topological polar surface area (TPSA) is 53.5 Å². The second kappa shape index (κ2) is 8.14. The third kappa shape index (κ3) is 4.40. The number of hydrogen-bond donors (Lipinski definition) is 0. The van der Waals surface area contributed by atoms with Crippen molar-refractivity contribution in [2.24, 2.45) is 0 Å². The van der Waals surface area contributed by atoms with Crippen molar-refractivity contribution in [1.29, 1.82) is 0 Å². The van der Waals surface area contributed by atoms with Crippen LogP contribution in [0.4, 0.5) is 0 Å². The highest BCUT2D eigenvalue weighted by Crippen LogP contribution is 2.23. The van der Waals surface area contributed by atoms with Crippen LogP contribution in [-0.4, -0.2) is 43.5 Å². The van der Waals surface area contributed by atoms with Crippen LogP contribution >= 0.6 is 15.9 Å². The molecule has 0 unspecified atom stereocenters. The summed E-state index contributed by atoms with van der Waals surface area (Å²) >= 11 is 3.38. The summed E-state index contributed by atoms with van der Waals surface area (Å²) in [5, 5.41) is 0. The normalized spacial score (nSPS) is 10.9. The Bertz CT molecular complexity index is 551. The quantitative estimate of drug-likeness (QED) is 0.691. The number of aromatic nitrogens is 2. The number of ether oxygens (including phenoxy) is 3. The van der Waals surface area contributed by atoms with Gasteiger partial charge in [0, 0.05) is 43.3 Å². The molecule has 0 aromatic carbocycles. The average Bonchev–Trinajstić information content (AvgIpc) is 2.46. The molecule has 0 atom stereocenters. The molecule has 0 fully saturated rings. The molecular weight excluding hydrogens is 324 g/mol. The van der Waals surface area contributed by atoms with E-state index in [2.05, 4.69) is 25.9 Å². The van der Waals surface area contributed by atoms with Crippen molar-refractivity contribution in [3.8, 4) is 5.75 Å². The van der Waals surface area contributed by atoms with Crippen molar-refractivity contribution in [3.05, 3.63) is 29.0 Å². The molecule has 0 saturated heterocycles. The van der Waals surface area contributed by atoms with Gasteiger partial charge in [-0.2, -0.15) is 0 Å². The van der Waals surface area contributed by atoms with Crippen molar-refractivity contribution in [3.63, 3.8) is 0 Å². The molecule has 0 aliphatic rings. The van der Waals surface area contributed by atoms with Crippen LogP contribution in [0.5, 0.6) is 5.75 Å². The van der Waals surface area contributed by atoms with Gasteiger partial charge < -0.3 is 14.2 Å². The predicted molar refractivity (Wildman–Crippen MR) is 80.0 cm³/mol. The van der Waals surface area contributed by atoms with Crippen molar-refractivity contribution >= 4 is 27.0 Å². The van der Waals surface area contributed by atoms with E-state index in [1.807, 2.05) is 12.1 Å². The third-order valence-corrected chi connectivity index (χ3v) is 3.06. The van der Waals surface area contributed by atoms with E-state index in [9.17, 15) is 0 Å². The highest BCUT2D eigenvalue weighted by molar-refractivity contribution is 9.10. The molecule has 0 amide bonds. The lowest BCUT2D eigenvalue weighted by atomic mass is 10.3. The second-order valence-electron chi connectivity index (χ2n) is 4.14. The summed E-state index contributed by atoms with van der Waals surface area (Å²) in [6, 6.07) is 3.73. The Kier molecular flexibility index (Phi) is 6.17. The van der Waals surface area contributed by atoms with E-state index in [0.717, 1.165) is 27.7 Å². The Morgan fingerprint density at radius 2 is 2.05 bits per heavy atom. The van der Waals surface area contributed by atoms with Crippen molar-refractivity contribution in [1.82, 2.24) is 9.97 Å². The molecule has 0 N–H and O–H groups in total. The van der Waals surface area contributed by atoms with Crippen LogP contribution in [0, 0.1) is 0 Å². The minimum absolute atomic E-state index is 0.490. The molecular formula is C14H17BrN2O3. The Balaban J connectivity index is 1.84. The molecule has 0 saturated carbocycles. The zero-order valence-electron chi connectivity index (χ0n) is 11.3. The molecule has 6 heteroatoms. The minimum Gasteiger partial charge on any atom is -0.489 e. The van der Waals surface area contributed by atoms with E-state index in [1.54, 1.807) is 19.5 Å². The summed E-state index contributed by atoms with van der Waals surface area (Å²) in [5.41, 5.74) is 1.56. The molecule has 20 heavy (non-hydrogen) atoms. The van der Waals surface area contributed by atoms with Gasteiger partial charge in [-0.25, -0.2) is 4.98 Å². The largest absolute Gasteiger partial charge is 0.489 e. The van der Waals surface area contributed by atoms with Gasteiger partial charge in [-0.05, 0) is 28.4 Å². The van der Waals surface area contributed by atoms with E-state index in [-0.39, 0.29) is 0 Å². The van der Waals surface area contributed by atoms with Gasteiger partial charge in [0.15, 0.2) is 0 Å². The van der Waals surface area contributed by atoms with Crippen LogP contribution in [0.1, 0.15) is 6.42 Å². The van der Waals surface area contributed by atoms with E-state index < -0.39 is 0 Å². The van der Waals surface area contributed by atoms with Gasteiger partial charge in [0.25, 0.3) is 0 Å². The first-order chi connectivity index (χ1) is 9.81. The lowest BCUT2D eigenvalue weighted by Gasteiger charge is -2.09. The van der Waals surface area contributed by atoms with Gasteiger partial charge >= 0.3 is 0 Å². The Morgan fingerprint density at radius 1 is 1.15 bits per heavy atom. The van der Waals surface area contributed by atoms with Crippen LogP contribution < -0.4 is 4.74 Å². The van der Waals surface area contributed by atoms with Crippen molar-refractivity contribution in [2.45, 2.75) is 6.42 Å². The molecule has 108 valence electrons. The summed E-state index contributed by atoms with van der Waals surface area (Å²) in [7, 11) is 1.68. The maximum Gasteiger partial charge on any atom is 0.148 e. The fourth-order valence-electron chi connectivity index (χ4n) is 1.72. The first kappa shape index (κ1) is 15.2. The van der Waals surface area contributed by atoms with Crippen LogP contribution in [0.25, 0.3) is 11.0 Å². The molecule has 0 bridgehead atoms. The average molecular weight is 341 g/mol. The first-order valence-corrected chi connectivity index (χ1v) is 7.20. The monoisotopic (exact) mass is 340 g/mol. The van der Waals surface area contributed by atoms with Crippen LogP contribution in [0.2, 0.25) is 0 Å². The fourth-order valence-corrected chi connectivity index (χ4v) is 2.03. The molecule has 2 heterocycles. The fraction of sp³-hybridized carbons (Fsp3) is 0.429. The maximum absolute atomic E-state index is 5.69. The molecule has 0 radical (unpaired) electrons. The summed E-state index contributed by atoms with van der Waals surface area (Å²) in [5.74, 6) is 0.725. The maximum atomic E-state index is 5.69. The molecule has 2 aromatic heterocycles. The highest BCUT2D eigenvalue weighted by atomic mass is 79.9. The van der Waals surface area contributed by atoms with Gasteiger partial charge in [-0.15, -0.1) is 0 Å². The van der Waals surface area contributed by atoms with E-state index in [1.165, 1.54) is 0 Å². The number of pyridine rings is 2. The third-order valence-electron chi connectivity index (χ3n) is 2.63. The Labute approximate surface area is 126 Å². The smallest absolute Gasteiger partial charge is 0.148 e. The number of methoxy groups -OCH3 is 1. The summed E-state index contributed by atoms with van der Waals surface area (Å²) in [4.78, 5) is 8.59. The summed E-state index contributed by atoms with van der Waals surface area (Å²) in [6.45, 7) is 2.43. The van der Waals surface area contributed by atoms with Crippen molar-refractivity contribution in [2.75, 3.05) is 33.5 Å². The summed E-state index contributed by atoms with van der Waals surface area (Å²) < 4.78 is 17.0.